The number of carboxylic acid groups (broad SMARTS) is 1. The molecule has 0 unspecified atom stereocenters. The summed E-state index contributed by atoms with van der Waals surface area (Å²) >= 11 is 0. The summed E-state index contributed by atoms with van der Waals surface area (Å²) in [4.78, 5) is 45.8. The van der Waals surface area contributed by atoms with Gasteiger partial charge in [0.1, 0.15) is 18.1 Å². The van der Waals surface area contributed by atoms with Crippen molar-refractivity contribution >= 4 is 23.7 Å². The Balaban J connectivity index is 4.47. The number of carboxylic acids is 1. The van der Waals surface area contributed by atoms with E-state index in [-0.39, 0.29) is 12.3 Å². The fourth-order valence-electron chi connectivity index (χ4n) is 1.82. The van der Waals surface area contributed by atoms with E-state index in [1.165, 1.54) is 20.8 Å². The van der Waals surface area contributed by atoms with Crippen molar-refractivity contribution in [1.82, 2.24) is 16.0 Å². The third-order valence-corrected chi connectivity index (χ3v) is 3.13. The lowest BCUT2D eigenvalue weighted by Crippen LogP contribution is -2.53. The van der Waals surface area contributed by atoms with Gasteiger partial charge in [-0.3, -0.25) is 14.4 Å². The fraction of sp³-hybridized carbons (Fsp3) is 0.714. The lowest BCUT2D eigenvalue weighted by atomic mass is 10.1. The number of carbonyl (C=O) groups is 4. The van der Waals surface area contributed by atoms with Crippen molar-refractivity contribution in [1.29, 1.82) is 0 Å². The van der Waals surface area contributed by atoms with Crippen molar-refractivity contribution < 1.29 is 24.3 Å². The summed E-state index contributed by atoms with van der Waals surface area (Å²) < 4.78 is 0. The highest BCUT2D eigenvalue weighted by Crippen LogP contribution is 2.01. The Morgan fingerprint density at radius 3 is 1.96 bits per heavy atom. The van der Waals surface area contributed by atoms with Crippen molar-refractivity contribution in [3.63, 3.8) is 0 Å². The van der Waals surface area contributed by atoms with E-state index >= 15 is 0 Å². The quantitative estimate of drug-likeness (QED) is 0.315. The molecule has 0 aromatic carbocycles. The Morgan fingerprint density at radius 1 is 0.957 bits per heavy atom. The van der Waals surface area contributed by atoms with Gasteiger partial charge in [-0.25, -0.2) is 4.79 Å². The predicted molar refractivity (Wildman–Crippen MR) is 83.4 cm³/mol. The lowest BCUT2D eigenvalue weighted by molar-refractivity contribution is -0.142. The zero-order valence-corrected chi connectivity index (χ0v) is 13.7. The molecule has 6 N–H and O–H groups in total. The van der Waals surface area contributed by atoms with E-state index in [1.807, 2.05) is 0 Å². The number of hydrogen-bond acceptors (Lipinski definition) is 5. The van der Waals surface area contributed by atoms with Gasteiger partial charge in [-0.05, 0) is 39.7 Å². The molecule has 3 amide bonds. The molecule has 0 saturated carbocycles. The molecule has 9 heteroatoms. The van der Waals surface area contributed by atoms with Crippen LogP contribution in [0.3, 0.4) is 0 Å². The number of unbranched alkanes of at least 4 members (excludes halogenated alkanes) is 1. The van der Waals surface area contributed by atoms with Gasteiger partial charge in [0.25, 0.3) is 0 Å². The summed E-state index contributed by atoms with van der Waals surface area (Å²) in [5, 5.41) is 16.3. The van der Waals surface area contributed by atoms with Gasteiger partial charge >= 0.3 is 5.97 Å². The van der Waals surface area contributed by atoms with Gasteiger partial charge in [-0.15, -0.1) is 0 Å². The number of aliphatic carboxylic acids is 1. The fourth-order valence-corrected chi connectivity index (χ4v) is 1.82. The SMILES string of the molecule is CC(=O)N[C@@H](C)C(=O)N[C@@H](C)C(=O)N[C@@H](CCCCN)C(=O)O. The molecule has 9 nitrogen and oxygen atoms in total. The Kier molecular flexibility index (Phi) is 9.56. The van der Waals surface area contributed by atoms with Crippen LogP contribution in [0, 0.1) is 0 Å². The highest BCUT2D eigenvalue weighted by molar-refractivity contribution is 5.92. The summed E-state index contributed by atoms with van der Waals surface area (Å²) in [6, 6.07) is -2.74. The molecule has 0 spiro atoms. The molecular weight excluding hydrogens is 304 g/mol. The molecule has 0 aromatic rings. The van der Waals surface area contributed by atoms with Gasteiger partial charge in [0.15, 0.2) is 0 Å². The van der Waals surface area contributed by atoms with Crippen LogP contribution in [0.15, 0.2) is 0 Å². The van der Waals surface area contributed by atoms with Crippen LogP contribution in [0.5, 0.6) is 0 Å². The van der Waals surface area contributed by atoms with Crippen molar-refractivity contribution in [3.8, 4) is 0 Å². The number of nitrogens with one attached hydrogen (secondary N) is 3. The average Bonchev–Trinajstić information content (AvgIpc) is 2.44. The van der Waals surface area contributed by atoms with E-state index < -0.39 is 35.9 Å². The minimum Gasteiger partial charge on any atom is -0.480 e. The predicted octanol–water partition coefficient (Wildman–Crippen LogP) is -1.29. The molecule has 0 aliphatic rings. The zero-order chi connectivity index (χ0) is 18.0. The van der Waals surface area contributed by atoms with E-state index in [0.29, 0.717) is 19.4 Å². The van der Waals surface area contributed by atoms with Crippen LogP contribution in [0.1, 0.15) is 40.0 Å². The largest absolute Gasteiger partial charge is 0.480 e. The molecule has 132 valence electrons. The molecular formula is C14H26N4O5. The first-order chi connectivity index (χ1) is 10.7. The number of hydrogen-bond donors (Lipinski definition) is 5. The van der Waals surface area contributed by atoms with Crippen LogP contribution >= 0.6 is 0 Å². The molecule has 3 atom stereocenters. The summed E-state index contributed by atoms with van der Waals surface area (Å²) in [5.41, 5.74) is 5.35. The lowest BCUT2D eigenvalue weighted by Gasteiger charge is -2.20. The molecule has 0 heterocycles. The van der Waals surface area contributed by atoms with Crippen molar-refractivity contribution in [2.75, 3.05) is 6.54 Å². The van der Waals surface area contributed by atoms with E-state index in [1.54, 1.807) is 0 Å². The number of amides is 3. The topological polar surface area (TPSA) is 151 Å². The molecule has 0 aliphatic carbocycles. The van der Waals surface area contributed by atoms with E-state index in [2.05, 4.69) is 16.0 Å². The van der Waals surface area contributed by atoms with E-state index in [0.717, 1.165) is 0 Å². The average molecular weight is 330 g/mol. The van der Waals surface area contributed by atoms with Crippen LogP contribution < -0.4 is 21.7 Å². The first-order valence-electron chi connectivity index (χ1n) is 7.49. The molecule has 0 aromatic heterocycles. The highest BCUT2D eigenvalue weighted by Gasteiger charge is 2.24. The molecule has 23 heavy (non-hydrogen) atoms. The van der Waals surface area contributed by atoms with Gasteiger partial charge in [0.2, 0.25) is 17.7 Å². The summed E-state index contributed by atoms with van der Waals surface area (Å²) in [6.07, 6.45) is 1.51. The number of nitrogens with two attached hydrogens (primary N) is 1. The van der Waals surface area contributed by atoms with Gasteiger partial charge in [0.05, 0.1) is 0 Å². The number of carbonyl (C=O) groups excluding carboxylic acids is 3. The number of rotatable bonds is 10. The Bertz CT molecular complexity index is 441. The Labute approximate surface area is 135 Å². The van der Waals surface area contributed by atoms with Gasteiger partial charge < -0.3 is 26.8 Å². The molecule has 0 radical (unpaired) electrons. The van der Waals surface area contributed by atoms with Crippen LogP contribution in [0.25, 0.3) is 0 Å². The van der Waals surface area contributed by atoms with Crippen LogP contribution in [0.4, 0.5) is 0 Å². The molecule has 0 bridgehead atoms. The van der Waals surface area contributed by atoms with Gasteiger partial charge in [-0.2, -0.15) is 0 Å². The second-order valence-electron chi connectivity index (χ2n) is 5.34. The normalized spacial score (nSPS) is 14.3. The molecule has 0 saturated heterocycles. The Hall–Kier alpha value is -2.16. The third-order valence-electron chi connectivity index (χ3n) is 3.13. The highest BCUT2D eigenvalue weighted by atomic mass is 16.4. The first-order valence-corrected chi connectivity index (χ1v) is 7.49. The minimum absolute atomic E-state index is 0.265. The van der Waals surface area contributed by atoms with Gasteiger partial charge in [-0.1, -0.05) is 0 Å². The van der Waals surface area contributed by atoms with Crippen LogP contribution in [-0.2, 0) is 19.2 Å². The van der Waals surface area contributed by atoms with Crippen molar-refractivity contribution in [3.05, 3.63) is 0 Å². The monoisotopic (exact) mass is 330 g/mol. The minimum atomic E-state index is -1.14. The Morgan fingerprint density at radius 2 is 1.48 bits per heavy atom. The maximum atomic E-state index is 12.0. The zero-order valence-electron chi connectivity index (χ0n) is 13.7. The summed E-state index contributed by atoms with van der Waals surface area (Å²) in [6.45, 7) is 4.65. The second kappa shape index (κ2) is 10.5. The first kappa shape index (κ1) is 20.8. The van der Waals surface area contributed by atoms with Crippen LogP contribution in [-0.4, -0.2) is 53.5 Å². The van der Waals surface area contributed by atoms with Crippen molar-refractivity contribution in [2.45, 2.75) is 58.2 Å². The van der Waals surface area contributed by atoms with Gasteiger partial charge in [0, 0.05) is 6.92 Å². The third kappa shape index (κ3) is 8.77. The van der Waals surface area contributed by atoms with E-state index in [9.17, 15) is 19.2 Å². The summed E-state index contributed by atoms with van der Waals surface area (Å²) in [7, 11) is 0. The second-order valence-corrected chi connectivity index (χ2v) is 5.34. The molecule has 0 aliphatic heterocycles. The maximum absolute atomic E-state index is 12.0. The standard InChI is InChI=1S/C14H26N4O5/c1-8(16-10(3)19)12(20)17-9(2)13(21)18-11(14(22)23)6-4-5-7-15/h8-9,11H,4-7,15H2,1-3H3,(H,16,19)(H,17,20)(H,18,21)(H,22,23)/t8-,9-,11-/m0/s1. The van der Waals surface area contributed by atoms with Crippen molar-refractivity contribution in [2.24, 2.45) is 5.73 Å². The van der Waals surface area contributed by atoms with E-state index in [4.69, 9.17) is 10.8 Å². The summed E-state index contributed by atoms with van der Waals surface area (Å²) in [5.74, 6) is -2.64. The molecule has 0 fully saturated rings. The molecule has 0 rings (SSSR count). The smallest absolute Gasteiger partial charge is 0.326 e. The van der Waals surface area contributed by atoms with Crippen LogP contribution in [0.2, 0.25) is 0 Å². The maximum Gasteiger partial charge on any atom is 0.326 e.